The van der Waals surface area contributed by atoms with E-state index in [0.717, 1.165) is 35.4 Å². The molecule has 0 radical (unpaired) electrons. The molecule has 0 saturated carbocycles. The molecule has 3 aromatic heterocycles. The Labute approximate surface area is 185 Å². The Morgan fingerprint density at radius 2 is 1.91 bits per heavy atom. The minimum absolute atomic E-state index is 0.0477. The fourth-order valence-electron chi connectivity index (χ4n) is 4.13. The summed E-state index contributed by atoms with van der Waals surface area (Å²) in [7, 11) is 0. The van der Waals surface area contributed by atoms with Crippen molar-refractivity contribution in [1.82, 2.24) is 29.6 Å². The summed E-state index contributed by atoms with van der Waals surface area (Å²) < 4.78 is 9.14. The largest absolute Gasteiger partial charge is 0.494 e. The van der Waals surface area contributed by atoms with Gasteiger partial charge in [-0.05, 0) is 50.1 Å². The Balaban J connectivity index is 1.52. The van der Waals surface area contributed by atoms with Gasteiger partial charge in [0, 0.05) is 17.9 Å². The molecule has 164 valence electrons. The Kier molecular flexibility index (Phi) is 5.08. The molecule has 9 nitrogen and oxygen atoms in total. The number of carbonyl (C=O) groups excluding carboxylic acids is 1. The van der Waals surface area contributed by atoms with Crippen molar-refractivity contribution < 1.29 is 9.53 Å². The molecule has 0 saturated heterocycles. The van der Waals surface area contributed by atoms with Gasteiger partial charge < -0.3 is 10.1 Å². The molecular weight excluding hydrogens is 406 g/mol. The van der Waals surface area contributed by atoms with Crippen molar-refractivity contribution in [2.24, 2.45) is 0 Å². The number of benzene rings is 1. The van der Waals surface area contributed by atoms with Crippen molar-refractivity contribution in [3.8, 4) is 11.6 Å². The first-order valence-electron chi connectivity index (χ1n) is 10.9. The van der Waals surface area contributed by atoms with Gasteiger partial charge in [0.15, 0.2) is 17.3 Å². The summed E-state index contributed by atoms with van der Waals surface area (Å²) in [6.45, 7) is 6.65. The lowest BCUT2D eigenvalue weighted by Crippen LogP contribution is -2.25. The zero-order chi connectivity index (χ0) is 22.2. The molecule has 1 atom stereocenters. The number of unbranched alkanes of at least 4 members (excludes halogenated alkanes) is 1. The second kappa shape index (κ2) is 8.07. The molecule has 1 N–H and O–H groups in total. The number of hydrogen-bond donors (Lipinski definition) is 1. The van der Waals surface area contributed by atoms with Crippen LogP contribution in [0, 0.1) is 13.8 Å². The first-order chi connectivity index (χ1) is 15.5. The molecule has 0 fully saturated rings. The number of nitrogens with zero attached hydrogens (tertiary/aromatic N) is 6. The van der Waals surface area contributed by atoms with Crippen molar-refractivity contribution in [1.29, 1.82) is 0 Å². The van der Waals surface area contributed by atoms with Crippen LogP contribution >= 0.6 is 0 Å². The molecule has 4 aromatic rings. The van der Waals surface area contributed by atoms with E-state index in [-0.39, 0.29) is 11.8 Å². The highest BCUT2D eigenvalue weighted by Crippen LogP contribution is 2.40. The summed E-state index contributed by atoms with van der Waals surface area (Å²) in [4.78, 5) is 12.6. The molecule has 1 aromatic carbocycles. The Morgan fingerprint density at radius 1 is 1.09 bits per heavy atom. The van der Waals surface area contributed by atoms with E-state index in [1.807, 2.05) is 50.2 Å². The molecule has 9 heteroatoms. The summed E-state index contributed by atoms with van der Waals surface area (Å²) in [5.41, 5.74) is 3.58. The van der Waals surface area contributed by atoms with Gasteiger partial charge in [0.05, 0.1) is 12.3 Å². The van der Waals surface area contributed by atoms with Gasteiger partial charge in [-0.25, -0.2) is 0 Å². The van der Waals surface area contributed by atoms with E-state index in [9.17, 15) is 4.79 Å². The molecule has 1 aliphatic heterocycles. The van der Waals surface area contributed by atoms with Gasteiger partial charge in [0.25, 0.3) is 0 Å². The maximum absolute atomic E-state index is 12.6. The van der Waals surface area contributed by atoms with E-state index in [0.29, 0.717) is 36.1 Å². The molecule has 0 spiro atoms. The fraction of sp³-hybridized carbons (Fsp3) is 0.348. The normalized spacial score (nSPS) is 15.6. The zero-order valence-corrected chi connectivity index (χ0v) is 18.4. The number of amides is 1. The number of nitrogens with one attached hydrogen (secondary N) is 1. The van der Waals surface area contributed by atoms with Crippen LogP contribution in [0.3, 0.4) is 0 Å². The van der Waals surface area contributed by atoms with Crippen molar-refractivity contribution in [3.63, 3.8) is 0 Å². The first-order valence-corrected chi connectivity index (χ1v) is 10.9. The van der Waals surface area contributed by atoms with Gasteiger partial charge in [-0.2, -0.15) is 14.3 Å². The quantitative estimate of drug-likeness (QED) is 0.469. The van der Waals surface area contributed by atoms with Crippen LogP contribution in [-0.2, 0) is 4.79 Å². The second-order valence-electron chi connectivity index (χ2n) is 8.04. The molecule has 0 bridgehead atoms. The second-order valence-corrected chi connectivity index (χ2v) is 8.04. The van der Waals surface area contributed by atoms with Gasteiger partial charge in [-0.3, -0.25) is 4.79 Å². The van der Waals surface area contributed by atoms with E-state index < -0.39 is 0 Å². The summed E-state index contributed by atoms with van der Waals surface area (Å²) >= 11 is 0. The lowest BCUT2D eigenvalue weighted by molar-refractivity contribution is -0.116. The molecule has 1 aliphatic rings. The lowest BCUT2D eigenvalue weighted by atomic mass is 9.86. The van der Waals surface area contributed by atoms with Crippen molar-refractivity contribution in [2.45, 2.75) is 46.0 Å². The Hall–Kier alpha value is -3.75. The molecule has 1 amide bonds. The topological polar surface area (TPSA) is 99.2 Å². The average molecular weight is 432 g/mol. The van der Waals surface area contributed by atoms with Gasteiger partial charge >= 0.3 is 0 Å². The molecule has 4 heterocycles. The van der Waals surface area contributed by atoms with Crippen LogP contribution in [0.2, 0.25) is 0 Å². The third-order valence-electron chi connectivity index (χ3n) is 5.77. The minimum Gasteiger partial charge on any atom is -0.494 e. The minimum atomic E-state index is -0.0856. The molecule has 0 unspecified atom stereocenters. The van der Waals surface area contributed by atoms with Gasteiger partial charge in [0.2, 0.25) is 5.91 Å². The smallest absolute Gasteiger partial charge is 0.226 e. The van der Waals surface area contributed by atoms with Crippen LogP contribution in [0.4, 0.5) is 5.82 Å². The van der Waals surface area contributed by atoms with Crippen LogP contribution in [0.1, 0.15) is 54.7 Å². The Morgan fingerprint density at radius 3 is 2.69 bits per heavy atom. The average Bonchev–Trinajstić information content (AvgIpc) is 3.33. The van der Waals surface area contributed by atoms with E-state index in [1.165, 1.54) is 0 Å². The van der Waals surface area contributed by atoms with Crippen LogP contribution < -0.4 is 10.1 Å². The molecule has 0 aliphatic carbocycles. The van der Waals surface area contributed by atoms with Gasteiger partial charge in [-0.1, -0.05) is 25.5 Å². The summed E-state index contributed by atoms with van der Waals surface area (Å²) in [6.07, 6.45) is 2.49. The number of fused-ring (bicyclic) bond motifs is 2. The first kappa shape index (κ1) is 20.2. The zero-order valence-electron chi connectivity index (χ0n) is 18.4. The van der Waals surface area contributed by atoms with Crippen LogP contribution in [0.5, 0.6) is 5.75 Å². The van der Waals surface area contributed by atoms with Crippen molar-refractivity contribution in [2.75, 3.05) is 11.9 Å². The maximum atomic E-state index is 12.6. The highest BCUT2D eigenvalue weighted by Gasteiger charge is 2.33. The van der Waals surface area contributed by atoms with E-state index in [4.69, 9.17) is 9.84 Å². The predicted molar refractivity (Wildman–Crippen MR) is 119 cm³/mol. The van der Waals surface area contributed by atoms with Crippen LogP contribution in [0.15, 0.2) is 36.4 Å². The summed E-state index contributed by atoms with van der Waals surface area (Å²) in [5, 5.41) is 20.5. The predicted octanol–water partition coefficient (Wildman–Crippen LogP) is 3.58. The monoisotopic (exact) mass is 431 g/mol. The van der Waals surface area contributed by atoms with Gasteiger partial charge in [-0.15, -0.1) is 15.3 Å². The SMILES string of the molecule is CCCCOc1ccc([C@@H]2CC(=O)Nc3c2c(C)nn3-c2ccc3nnc(C)n3n2)cc1. The number of aromatic nitrogens is 6. The van der Waals surface area contributed by atoms with Crippen LogP contribution in [0.25, 0.3) is 11.5 Å². The van der Waals surface area contributed by atoms with Crippen molar-refractivity contribution >= 4 is 17.4 Å². The molecular formula is C23H25N7O2. The van der Waals surface area contributed by atoms with E-state index in [1.54, 1.807) is 9.20 Å². The number of hydrogen-bond acceptors (Lipinski definition) is 6. The highest BCUT2D eigenvalue weighted by atomic mass is 16.5. The van der Waals surface area contributed by atoms with Crippen LogP contribution in [-0.4, -0.2) is 42.1 Å². The Bertz CT molecular complexity index is 1290. The number of carbonyl (C=O) groups is 1. The highest BCUT2D eigenvalue weighted by molar-refractivity contribution is 5.95. The lowest BCUT2D eigenvalue weighted by Gasteiger charge is -2.24. The third-order valence-corrected chi connectivity index (χ3v) is 5.77. The van der Waals surface area contributed by atoms with E-state index in [2.05, 4.69) is 27.5 Å². The molecule has 5 rings (SSSR count). The number of anilines is 1. The third kappa shape index (κ3) is 3.49. The van der Waals surface area contributed by atoms with E-state index >= 15 is 0 Å². The number of aryl methyl sites for hydroxylation is 2. The molecule has 32 heavy (non-hydrogen) atoms. The standard InChI is InChI=1S/C23H25N7O2/c1-4-5-12-32-17-8-6-16(7-9-17)18-13-21(31)24-23-22(18)14(2)27-30(23)20-11-10-19-26-25-15(3)29(19)28-20/h6-11,18H,4-5,12-13H2,1-3H3,(H,24,31)/t18-/m0/s1. The van der Waals surface area contributed by atoms with Gasteiger partial charge in [0.1, 0.15) is 11.6 Å². The fourth-order valence-corrected chi connectivity index (χ4v) is 4.13. The maximum Gasteiger partial charge on any atom is 0.226 e. The summed E-state index contributed by atoms with van der Waals surface area (Å²) in [5.74, 6) is 2.64. The number of ether oxygens (including phenoxy) is 1. The number of rotatable bonds is 6. The summed E-state index contributed by atoms with van der Waals surface area (Å²) in [6, 6.07) is 11.7. The van der Waals surface area contributed by atoms with Crippen molar-refractivity contribution in [3.05, 3.63) is 59.0 Å².